The van der Waals surface area contributed by atoms with E-state index >= 15 is 0 Å². The van der Waals surface area contributed by atoms with Gasteiger partial charge in [-0.3, -0.25) is 4.79 Å². The summed E-state index contributed by atoms with van der Waals surface area (Å²) >= 11 is 0. The summed E-state index contributed by atoms with van der Waals surface area (Å²) in [6.07, 6.45) is 1.83. The van der Waals surface area contributed by atoms with Crippen molar-refractivity contribution in [2.75, 3.05) is 0 Å². The second-order valence-corrected chi connectivity index (χ2v) is 4.02. The standard InChI is InChI=1S/C17H14O/c1-14(12-13-15-8-4-2-5-9-15)17(18)16-10-6-3-7-11-16/h2-11,13H,1H3. The van der Waals surface area contributed by atoms with Gasteiger partial charge in [0.2, 0.25) is 0 Å². The number of benzene rings is 2. The van der Waals surface area contributed by atoms with Crippen molar-refractivity contribution in [2.24, 2.45) is 0 Å². The van der Waals surface area contributed by atoms with Gasteiger partial charge in [0.05, 0.1) is 0 Å². The first-order valence-electron chi connectivity index (χ1n) is 5.85. The molecule has 0 atom stereocenters. The summed E-state index contributed by atoms with van der Waals surface area (Å²) in [5.74, 6) is 0.0165. The van der Waals surface area contributed by atoms with E-state index in [1.165, 1.54) is 0 Å². The van der Waals surface area contributed by atoms with E-state index in [9.17, 15) is 4.79 Å². The summed E-state index contributed by atoms with van der Waals surface area (Å²) in [7, 11) is 0. The first-order valence-corrected chi connectivity index (χ1v) is 5.85. The summed E-state index contributed by atoms with van der Waals surface area (Å²) in [6, 6.07) is 19.1. The summed E-state index contributed by atoms with van der Waals surface area (Å²) in [6.45, 7) is 1.79. The number of carbonyl (C=O) groups excluding carboxylic acids is 1. The molecule has 0 saturated heterocycles. The van der Waals surface area contributed by atoms with Crippen molar-refractivity contribution in [3.8, 4) is 0 Å². The summed E-state index contributed by atoms with van der Waals surface area (Å²) in [5, 5.41) is 0. The lowest BCUT2D eigenvalue weighted by Gasteiger charge is -1.97. The Hall–Kier alpha value is -2.37. The van der Waals surface area contributed by atoms with Crippen LogP contribution in [0.3, 0.4) is 0 Å². The van der Waals surface area contributed by atoms with Gasteiger partial charge in [0.15, 0.2) is 5.78 Å². The third-order valence-corrected chi connectivity index (χ3v) is 2.63. The maximum atomic E-state index is 12.0. The Morgan fingerprint density at radius 2 is 1.50 bits per heavy atom. The van der Waals surface area contributed by atoms with Crippen molar-refractivity contribution in [1.82, 2.24) is 0 Å². The van der Waals surface area contributed by atoms with Gasteiger partial charge in [-0.15, -0.1) is 5.73 Å². The molecule has 0 aliphatic heterocycles. The number of rotatable bonds is 3. The van der Waals surface area contributed by atoms with E-state index in [0.717, 1.165) is 5.56 Å². The van der Waals surface area contributed by atoms with E-state index in [2.05, 4.69) is 5.73 Å². The number of hydrogen-bond donors (Lipinski definition) is 0. The Labute approximate surface area is 107 Å². The van der Waals surface area contributed by atoms with Crippen LogP contribution in [-0.2, 0) is 0 Å². The zero-order valence-electron chi connectivity index (χ0n) is 10.3. The highest BCUT2D eigenvalue weighted by Gasteiger charge is 2.05. The van der Waals surface area contributed by atoms with Gasteiger partial charge in [0, 0.05) is 11.1 Å². The fourth-order valence-electron chi connectivity index (χ4n) is 1.61. The van der Waals surface area contributed by atoms with E-state index in [-0.39, 0.29) is 5.78 Å². The second-order valence-electron chi connectivity index (χ2n) is 4.02. The number of allylic oxidation sites excluding steroid dienone is 1. The minimum atomic E-state index is 0.0165. The predicted octanol–water partition coefficient (Wildman–Crippen LogP) is 4.13. The molecule has 0 fully saturated rings. The first-order chi connectivity index (χ1) is 8.77. The highest BCUT2D eigenvalue weighted by molar-refractivity contribution is 6.08. The van der Waals surface area contributed by atoms with Crippen molar-refractivity contribution < 1.29 is 4.79 Å². The van der Waals surface area contributed by atoms with Gasteiger partial charge in [-0.25, -0.2) is 0 Å². The van der Waals surface area contributed by atoms with E-state index in [4.69, 9.17) is 0 Å². The van der Waals surface area contributed by atoms with Gasteiger partial charge in [-0.1, -0.05) is 60.7 Å². The molecule has 2 aromatic carbocycles. The molecule has 2 aromatic rings. The molecule has 0 unspecified atom stereocenters. The third kappa shape index (κ3) is 3.07. The van der Waals surface area contributed by atoms with Crippen LogP contribution in [0.15, 0.2) is 72.0 Å². The fourth-order valence-corrected chi connectivity index (χ4v) is 1.61. The van der Waals surface area contributed by atoms with Gasteiger partial charge in [0.25, 0.3) is 0 Å². The molecule has 1 heteroatoms. The molecule has 18 heavy (non-hydrogen) atoms. The van der Waals surface area contributed by atoms with Crippen LogP contribution in [0, 0.1) is 0 Å². The average Bonchev–Trinajstić information content (AvgIpc) is 2.46. The monoisotopic (exact) mass is 234 g/mol. The van der Waals surface area contributed by atoms with Gasteiger partial charge < -0.3 is 0 Å². The Bertz CT molecular complexity index is 588. The molecule has 0 N–H and O–H groups in total. The van der Waals surface area contributed by atoms with E-state index in [1.807, 2.05) is 66.7 Å². The maximum absolute atomic E-state index is 12.0. The third-order valence-electron chi connectivity index (χ3n) is 2.63. The van der Waals surface area contributed by atoms with Gasteiger partial charge in [-0.05, 0) is 18.6 Å². The topological polar surface area (TPSA) is 17.1 Å². The normalized spacial score (nSPS) is 9.39. The molecule has 2 rings (SSSR count). The largest absolute Gasteiger partial charge is 0.288 e. The van der Waals surface area contributed by atoms with Crippen LogP contribution in [0.5, 0.6) is 0 Å². The molecule has 0 heterocycles. The predicted molar refractivity (Wildman–Crippen MR) is 74.4 cm³/mol. The molecule has 1 nitrogen and oxygen atoms in total. The number of ketones is 1. The minimum Gasteiger partial charge on any atom is -0.288 e. The number of hydrogen-bond acceptors (Lipinski definition) is 1. The Kier molecular flexibility index (Phi) is 3.90. The zero-order chi connectivity index (χ0) is 12.8. The van der Waals surface area contributed by atoms with Crippen molar-refractivity contribution in [2.45, 2.75) is 6.92 Å². The van der Waals surface area contributed by atoms with Crippen LogP contribution in [0.4, 0.5) is 0 Å². The summed E-state index contributed by atoms with van der Waals surface area (Å²) < 4.78 is 0. The van der Waals surface area contributed by atoms with Gasteiger partial charge in [0.1, 0.15) is 0 Å². The first kappa shape index (κ1) is 12.1. The fraction of sp³-hybridized carbons (Fsp3) is 0.0588. The summed E-state index contributed by atoms with van der Waals surface area (Å²) in [4.78, 5) is 12.0. The number of carbonyl (C=O) groups is 1. The smallest absolute Gasteiger partial charge is 0.196 e. The minimum absolute atomic E-state index is 0.0165. The van der Waals surface area contributed by atoms with Gasteiger partial charge >= 0.3 is 0 Å². The highest BCUT2D eigenvalue weighted by Crippen LogP contribution is 2.07. The van der Waals surface area contributed by atoms with Crippen LogP contribution >= 0.6 is 0 Å². The lowest BCUT2D eigenvalue weighted by molar-refractivity contribution is 0.103. The SMILES string of the molecule is CC(=C=Cc1ccccc1)C(=O)c1ccccc1. The second kappa shape index (κ2) is 5.81. The van der Waals surface area contributed by atoms with Crippen molar-refractivity contribution >= 4 is 11.9 Å². The van der Waals surface area contributed by atoms with Crippen LogP contribution in [0.25, 0.3) is 6.08 Å². The van der Waals surface area contributed by atoms with Crippen LogP contribution in [-0.4, -0.2) is 5.78 Å². The molecule has 0 aliphatic rings. The van der Waals surface area contributed by atoms with Crippen molar-refractivity contribution in [1.29, 1.82) is 0 Å². The lowest BCUT2D eigenvalue weighted by Crippen LogP contribution is -1.98. The average molecular weight is 234 g/mol. The molecule has 0 aromatic heterocycles. The molecule has 0 spiro atoms. The molecule has 0 saturated carbocycles. The van der Waals surface area contributed by atoms with Crippen LogP contribution in [0.2, 0.25) is 0 Å². The van der Waals surface area contributed by atoms with Gasteiger partial charge in [-0.2, -0.15) is 0 Å². The molecular weight excluding hydrogens is 220 g/mol. The Morgan fingerprint density at radius 1 is 0.944 bits per heavy atom. The van der Waals surface area contributed by atoms with Crippen LogP contribution < -0.4 is 0 Å². The van der Waals surface area contributed by atoms with E-state index < -0.39 is 0 Å². The van der Waals surface area contributed by atoms with Crippen molar-refractivity contribution in [3.05, 3.63) is 83.1 Å². The molecule has 0 bridgehead atoms. The lowest BCUT2D eigenvalue weighted by atomic mass is 10.1. The molecular formula is C17H14O. The molecule has 0 radical (unpaired) electrons. The molecule has 0 amide bonds. The highest BCUT2D eigenvalue weighted by atomic mass is 16.1. The number of Topliss-reactive ketones (excluding diaryl/α,β-unsaturated/α-hetero) is 1. The molecule has 88 valence electrons. The van der Waals surface area contributed by atoms with E-state index in [0.29, 0.717) is 11.1 Å². The van der Waals surface area contributed by atoms with E-state index in [1.54, 1.807) is 6.92 Å². The molecule has 0 aliphatic carbocycles. The quantitative estimate of drug-likeness (QED) is 0.443. The Morgan fingerprint density at radius 3 is 2.11 bits per heavy atom. The maximum Gasteiger partial charge on any atom is 0.196 e. The van der Waals surface area contributed by atoms with Crippen molar-refractivity contribution in [3.63, 3.8) is 0 Å². The van der Waals surface area contributed by atoms with Crippen LogP contribution in [0.1, 0.15) is 22.8 Å². The Balaban J connectivity index is 2.24. The zero-order valence-corrected chi connectivity index (χ0v) is 10.3. The summed E-state index contributed by atoms with van der Waals surface area (Å²) in [5.41, 5.74) is 5.39.